The van der Waals surface area contributed by atoms with Gasteiger partial charge in [-0.1, -0.05) is 151 Å². The Labute approximate surface area is 299 Å². The molecule has 0 radical (unpaired) electrons. The molecule has 5 aromatic carbocycles. The van der Waals surface area contributed by atoms with E-state index >= 15 is 0 Å². The second-order valence-corrected chi connectivity index (χ2v) is 13.5. The number of pyridine rings is 1. The molecule has 0 saturated carbocycles. The van der Waals surface area contributed by atoms with Gasteiger partial charge in [0.15, 0.2) is 5.82 Å². The number of nitrogens with one attached hydrogen (secondary N) is 1. The molecule has 6 nitrogen and oxygen atoms in total. The topological polar surface area (TPSA) is 63.1 Å². The van der Waals surface area contributed by atoms with E-state index in [-0.39, 0.29) is 18.4 Å². The Bertz CT molecular complexity index is 2170. The molecule has 1 N–H and O–H groups in total. The SMILES string of the molecule is Cc1ccc(CN2CCc3nc(CC(=O)N[C@H](C)c4ccccc4)cc4c3c2nn4C(c2ccccc2)(c2ccccc2)c2ccccc2)cc1. The molecular formula is C45H41N5O. The molecule has 1 aliphatic rings. The van der Waals surface area contributed by atoms with Crippen LogP contribution in [0.4, 0.5) is 5.82 Å². The lowest BCUT2D eigenvalue weighted by Crippen LogP contribution is -2.39. The van der Waals surface area contributed by atoms with Crippen LogP contribution in [0.25, 0.3) is 10.9 Å². The Hall–Kier alpha value is -6.01. The zero-order valence-electron chi connectivity index (χ0n) is 29.0. The first kappa shape index (κ1) is 32.2. The van der Waals surface area contributed by atoms with Crippen LogP contribution < -0.4 is 10.2 Å². The van der Waals surface area contributed by atoms with Crippen LogP contribution in [0.15, 0.2) is 152 Å². The minimum absolute atomic E-state index is 0.0612. The Morgan fingerprint density at radius 3 is 1.88 bits per heavy atom. The van der Waals surface area contributed by atoms with E-state index in [2.05, 4.69) is 143 Å². The van der Waals surface area contributed by atoms with Crippen molar-refractivity contribution in [1.29, 1.82) is 0 Å². The number of amides is 1. The Balaban J connectivity index is 1.33. The molecule has 7 aromatic rings. The highest BCUT2D eigenvalue weighted by atomic mass is 16.1. The number of aryl methyl sites for hydroxylation is 1. The number of hydrogen-bond acceptors (Lipinski definition) is 4. The lowest BCUT2D eigenvalue weighted by molar-refractivity contribution is -0.121. The van der Waals surface area contributed by atoms with Crippen LogP contribution in [0, 0.1) is 6.92 Å². The van der Waals surface area contributed by atoms with Crippen molar-refractivity contribution in [2.45, 2.75) is 44.8 Å². The number of carbonyl (C=O) groups excluding carboxylic acids is 1. The molecule has 51 heavy (non-hydrogen) atoms. The van der Waals surface area contributed by atoms with E-state index in [1.54, 1.807) is 0 Å². The lowest BCUT2D eigenvalue weighted by Gasteiger charge is -2.37. The zero-order chi connectivity index (χ0) is 34.8. The van der Waals surface area contributed by atoms with E-state index in [4.69, 9.17) is 10.1 Å². The molecule has 0 unspecified atom stereocenters. The first-order valence-electron chi connectivity index (χ1n) is 17.7. The normalized spacial score (nSPS) is 13.3. The summed E-state index contributed by atoms with van der Waals surface area (Å²) < 4.78 is 2.21. The summed E-state index contributed by atoms with van der Waals surface area (Å²) >= 11 is 0. The molecule has 0 saturated heterocycles. The van der Waals surface area contributed by atoms with Crippen molar-refractivity contribution in [2.75, 3.05) is 11.4 Å². The van der Waals surface area contributed by atoms with Gasteiger partial charge in [0.25, 0.3) is 0 Å². The minimum Gasteiger partial charge on any atom is -0.350 e. The van der Waals surface area contributed by atoms with E-state index in [9.17, 15) is 4.79 Å². The van der Waals surface area contributed by atoms with E-state index < -0.39 is 5.54 Å². The summed E-state index contributed by atoms with van der Waals surface area (Å²) in [6, 6.07) is 52.7. The number of nitrogens with zero attached hydrogens (tertiary/aromatic N) is 4. The Morgan fingerprint density at radius 2 is 1.31 bits per heavy atom. The van der Waals surface area contributed by atoms with Crippen molar-refractivity contribution in [2.24, 2.45) is 0 Å². The fraction of sp³-hybridized carbons (Fsp3) is 0.178. The fourth-order valence-corrected chi connectivity index (χ4v) is 7.60. The highest BCUT2D eigenvalue weighted by Gasteiger charge is 2.42. The van der Waals surface area contributed by atoms with Crippen molar-refractivity contribution < 1.29 is 4.79 Å². The summed E-state index contributed by atoms with van der Waals surface area (Å²) in [4.78, 5) is 21.2. The highest BCUT2D eigenvalue weighted by Crippen LogP contribution is 2.45. The molecular weight excluding hydrogens is 627 g/mol. The molecule has 3 heterocycles. The van der Waals surface area contributed by atoms with E-state index in [1.165, 1.54) is 11.1 Å². The molecule has 8 rings (SSSR count). The summed E-state index contributed by atoms with van der Waals surface area (Å²) in [6.07, 6.45) is 0.925. The molecule has 6 heteroatoms. The third kappa shape index (κ3) is 6.08. The van der Waals surface area contributed by atoms with Crippen molar-refractivity contribution >= 4 is 22.6 Å². The quantitative estimate of drug-likeness (QED) is 0.149. The first-order valence-corrected chi connectivity index (χ1v) is 17.7. The largest absolute Gasteiger partial charge is 0.350 e. The summed E-state index contributed by atoms with van der Waals surface area (Å²) in [6.45, 7) is 5.65. The second kappa shape index (κ2) is 13.7. The summed E-state index contributed by atoms with van der Waals surface area (Å²) in [5.74, 6) is 0.856. The van der Waals surface area contributed by atoms with Gasteiger partial charge in [-0.25, -0.2) is 4.68 Å². The maximum Gasteiger partial charge on any atom is 0.226 e. The van der Waals surface area contributed by atoms with Gasteiger partial charge in [0, 0.05) is 19.5 Å². The van der Waals surface area contributed by atoms with Crippen LogP contribution in [0.1, 0.15) is 57.7 Å². The van der Waals surface area contributed by atoms with Gasteiger partial charge >= 0.3 is 0 Å². The molecule has 252 valence electrons. The summed E-state index contributed by atoms with van der Waals surface area (Å²) in [5.41, 5.74) is 8.69. The van der Waals surface area contributed by atoms with E-state index in [0.717, 1.165) is 69.9 Å². The third-order valence-electron chi connectivity index (χ3n) is 10.1. The average molecular weight is 668 g/mol. The van der Waals surface area contributed by atoms with E-state index in [0.29, 0.717) is 0 Å². The Morgan fingerprint density at radius 1 is 0.765 bits per heavy atom. The fourth-order valence-electron chi connectivity index (χ4n) is 7.60. The molecule has 1 atom stereocenters. The van der Waals surface area contributed by atoms with Crippen LogP contribution >= 0.6 is 0 Å². The summed E-state index contributed by atoms with van der Waals surface area (Å²) in [7, 11) is 0. The third-order valence-corrected chi connectivity index (χ3v) is 10.1. The van der Waals surface area contributed by atoms with Gasteiger partial charge in [0.2, 0.25) is 5.91 Å². The maximum absolute atomic E-state index is 13.6. The number of anilines is 1. The molecule has 0 spiro atoms. The first-order chi connectivity index (χ1) is 25.0. The van der Waals surface area contributed by atoms with Crippen LogP contribution in [-0.4, -0.2) is 27.2 Å². The average Bonchev–Trinajstić information content (AvgIpc) is 3.56. The van der Waals surface area contributed by atoms with Crippen molar-refractivity contribution in [3.05, 3.63) is 196 Å². The number of aromatic nitrogens is 3. The molecule has 0 aliphatic carbocycles. The van der Waals surface area contributed by atoms with Crippen molar-refractivity contribution in [1.82, 2.24) is 20.1 Å². The molecule has 2 aromatic heterocycles. The molecule has 0 fully saturated rings. The van der Waals surface area contributed by atoms with Crippen LogP contribution in [0.5, 0.6) is 0 Å². The van der Waals surface area contributed by atoms with Gasteiger partial charge in [-0.3, -0.25) is 9.78 Å². The van der Waals surface area contributed by atoms with Crippen LogP contribution in [0.2, 0.25) is 0 Å². The molecule has 0 bridgehead atoms. The van der Waals surface area contributed by atoms with Crippen LogP contribution in [-0.2, 0) is 29.7 Å². The maximum atomic E-state index is 13.6. The Kier molecular flexibility index (Phi) is 8.66. The number of carbonyl (C=O) groups is 1. The van der Waals surface area contributed by atoms with Gasteiger partial charge in [-0.05, 0) is 47.7 Å². The number of benzene rings is 5. The van der Waals surface area contributed by atoms with Gasteiger partial charge in [-0.15, -0.1) is 0 Å². The number of rotatable bonds is 10. The zero-order valence-corrected chi connectivity index (χ0v) is 29.0. The van der Waals surface area contributed by atoms with Gasteiger partial charge < -0.3 is 10.2 Å². The number of hydrogen-bond donors (Lipinski definition) is 1. The second-order valence-electron chi connectivity index (χ2n) is 13.5. The predicted octanol–water partition coefficient (Wildman–Crippen LogP) is 8.56. The molecule has 1 aliphatic heterocycles. The lowest BCUT2D eigenvalue weighted by atomic mass is 9.77. The minimum atomic E-state index is -0.819. The summed E-state index contributed by atoms with van der Waals surface area (Å²) in [5, 5.41) is 9.87. The van der Waals surface area contributed by atoms with Gasteiger partial charge in [0.1, 0.15) is 5.54 Å². The standard InChI is InChI=1S/C45H41N5O/c1-32-23-25-34(26-24-32)31-49-28-27-40-43-41(29-39(47-40)30-42(51)46-33(2)35-15-7-3-8-16-35)50(48-44(43)49)45(36-17-9-4-10-18-36,37-19-11-5-12-20-37)38-21-13-6-14-22-38/h3-26,29,33H,27-28,30-31H2,1-2H3,(H,46,51)/t33-/m1/s1. The van der Waals surface area contributed by atoms with Gasteiger partial charge in [-0.2, -0.15) is 5.10 Å². The monoisotopic (exact) mass is 667 g/mol. The van der Waals surface area contributed by atoms with Crippen LogP contribution in [0.3, 0.4) is 0 Å². The smallest absolute Gasteiger partial charge is 0.226 e. The predicted molar refractivity (Wildman–Crippen MR) is 205 cm³/mol. The van der Waals surface area contributed by atoms with E-state index in [1.807, 2.05) is 37.3 Å². The van der Waals surface area contributed by atoms with Gasteiger partial charge in [0.05, 0.1) is 34.8 Å². The highest BCUT2D eigenvalue weighted by molar-refractivity contribution is 5.95. The molecule has 1 amide bonds. The van der Waals surface area contributed by atoms with Crippen molar-refractivity contribution in [3.8, 4) is 0 Å². The van der Waals surface area contributed by atoms with Crippen molar-refractivity contribution in [3.63, 3.8) is 0 Å².